The number of phenols is 1. The molecule has 1 amide bonds. The zero-order chi connectivity index (χ0) is 24.7. The first-order chi connectivity index (χ1) is 16.3. The Morgan fingerprint density at radius 2 is 1.56 bits per heavy atom. The van der Waals surface area contributed by atoms with Crippen molar-refractivity contribution in [1.29, 1.82) is 0 Å². The van der Waals surface area contributed by atoms with E-state index in [-0.39, 0.29) is 27.7 Å². The van der Waals surface area contributed by atoms with Crippen molar-refractivity contribution in [2.45, 2.75) is 25.6 Å². The molecule has 0 aliphatic rings. The van der Waals surface area contributed by atoms with Crippen molar-refractivity contribution in [3.8, 4) is 5.75 Å². The molecule has 34 heavy (non-hydrogen) atoms. The van der Waals surface area contributed by atoms with Gasteiger partial charge in [0.25, 0.3) is 5.91 Å². The number of benzene rings is 3. The van der Waals surface area contributed by atoms with E-state index in [0.717, 1.165) is 23.2 Å². The monoisotopic (exact) mass is 501 g/mol. The van der Waals surface area contributed by atoms with Gasteiger partial charge in [-0.3, -0.25) is 4.79 Å². The molecule has 0 saturated heterocycles. The second-order valence-electron chi connectivity index (χ2n) is 7.70. The minimum absolute atomic E-state index is 0.0802. The van der Waals surface area contributed by atoms with Crippen LogP contribution in [0.15, 0.2) is 60.7 Å². The topological polar surface area (TPSA) is 111 Å². The fourth-order valence-electron chi connectivity index (χ4n) is 3.40. The van der Waals surface area contributed by atoms with Crippen LogP contribution in [0.5, 0.6) is 5.75 Å². The third kappa shape index (κ3) is 6.41. The Labute approximate surface area is 207 Å². The molecule has 9 heteroatoms. The lowest BCUT2D eigenvalue weighted by Gasteiger charge is -2.17. The molecule has 0 aliphatic heterocycles. The highest BCUT2D eigenvalue weighted by atomic mass is 35.5. The average Bonchev–Trinajstić information content (AvgIpc) is 2.82. The van der Waals surface area contributed by atoms with Gasteiger partial charge in [-0.2, -0.15) is 0 Å². The molecular weight excluding hydrogens is 477 g/mol. The van der Waals surface area contributed by atoms with Gasteiger partial charge in [0.2, 0.25) is 0 Å². The summed E-state index contributed by atoms with van der Waals surface area (Å²) in [5, 5.41) is 28.7. The van der Waals surface area contributed by atoms with Crippen LogP contribution < -0.4 is 16.0 Å². The molecule has 5 N–H and O–H groups in total. The van der Waals surface area contributed by atoms with Gasteiger partial charge in [-0.25, -0.2) is 4.79 Å². The minimum Gasteiger partial charge on any atom is -0.505 e. The molecule has 0 fully saturated rings. The van der Waals surface area contributed by atoms with Crippen molar-refractivity contribution in [2.75, 3.05) is 12.4 Å². The Morgan fingerprint density at radius 1 is 0.941 bits per heavy atom. The van der Waals surface area contributed by atoms with Gasteiger partial charge in [-0.05, 0) is 29.8 Å². The Balaban J connectivity index is 1.74. The molecule has 0 saturated carbocycles. The van der Waals surface area contributed by atoms with Gasteiger partial charge in [0.15, 0.2) is 0 Å². The second-order valence-corrected chi connectivity index (χ2v) is 8.48. The lowest BCUT2D eigenvalue weighted by Crippen LogP contribution is -2.42. The minimum atomic E-state index is -1.20. The maximum Gasteiger partial charge on any atom is 0.326 e. The molecule has 0 aromatic heterocycles. The van der Waals surface area contributed by atoms with Crippen LogP contribution >= 0.6 is 23.2 Å². The Morgan fingerprint density at radius 3 is 2.15 bits per heavy atom. The summed E-state index contributed by atoms with van der Waals surface area (Å²) in [5.41, 5.74) is 2.92. The van der Waals surface area contributed by atoms with Crippen molar-refractivity contribution < 1.29 is 19.8 Å². The summed E-state index contributed by atoms with van der Waals surface area (Å²) >= 11 is 12.7. The Kier molecular flexibility index (Phi) is 8.76. The number of carbonyl (C=O) groups is 2. The van der Waals surface area contributed by atoms with E-state index in [2.05, 4.69) is 16.0 Å². The van der Waals surface area contributed by atoms with E-state index in [9.17, 15) is 19.8 Å². The summed E-state index contributed by atoms with van der Waals surface area (Å²) < 4.78 is 0. The van der Waals surface area contributed by atoms with Crippen LogP contribution in [-0.4, -0.2) is 35.2 Å². The van der Waals surface area contributed by atoms with Gasteiger partial charge in [0.05, 0.1) is 16.3 Å². The fourth-order valence-corrected chi connectivity index (χ4v) is 3.99. The van der Waals surface area contributed by atoms with Crippen LogP contribution in [0.25, 0.3) is 0 Å². The van der Waals surface area contributed by atoms with Crippen molar-refractivity contribution in [1.82, 2.24) is 10.6 Å². The number of amides is 1. The summed E-state index contributed by atoms with van der Waals surface area (Å²) in [6.45, 7) is 1.15. The standard InChI is InChI=1S/C25H25Cl2N3O4/c1-28-13-16-7-9-17(10-8-16)14-29-22-19(26)12-18(23(31)21(22)27)24(32)30-20(25(33)34)11-15-5-3-2-4-6-15/h2-10,12,20,28-29,31H,11,13-14H2,1H3,(H,30,32)(H,33,34). The lowest BCUT2D eigenvalue weighted by molar-refractivity contribution is -0.139. The molecule has 0 heterocycles. The largest absolute Gasteiger partial charge is 0.505 e. The van der Waals surface area contributed by atoms with Crippen molar-refractivity contribution in [3.05, 3.63) is 93.0 Å². The first-order valence-electron chi connectivity index (χ1n) is 10.5. The van der Waals surface area contributed by atoms with Crippen LogP contribution in [0.4, 0.5) is 5.69 Å². The molecule has 0 spiro atoms. The number of carbonyl (C=O) groups excluding carboxylic acids is 1. The molecule has 3 rings (SSSR count). The van der Waals surface area contributed by atoms with Crippen LogP contribution in [0.3, 0.4) is 0 Å². The summed E-state index contributed by atoms with van der Waals surface area (Å²) in [4.78, 5) is 24.5. The number of aliphatic carboxylic acids is 1. The van der Waals surface area contributed by atoms with Crippen molar-refractivity contribution in [3.63, 3.8) is 0 Å². The highest BCUT2D eigenvalue weighted by Crippen LogP contribution is 2.40. The third-order valence-corrected chi connectivity index (χ3v) is 5.86. The third-order valence-electron chi connectivity index (χ3n) is 5.20. The molecule has 0 radical (unpaired) electrons. The maximum atomic E-state index is 12.8. The number of phenolic OH excluding ortho intramolecular Hbond substituents is 1. The highest BCUT2D eigenvalue weighted by molar-refractivity contribution is 6.40. The smallest absolute Gasteiger partial charge is 0.326 e. The van der Waals surface area contributed by atoms with E-state index in [0.29, 0.717) is 6.54 Å². The van der Waals surface area contributed by atoms with E-state index in [4.69, 9.17) is 23.2 Å². The quantitative estimate of drug-likeness (QED) is 0.280. The number of aromatic hydroxyl groups is 1. The molecule has 0 bridgehead atoms. The molecule has 1 unspecified atom stereocenters. The van der Waals surface area contributed by atoms with E-state index in [1.807, 2.05) is 37.4 Å². The summed E-state index contributed by atoms with van der Waals surface area (Å²) in [6, 6.07) is 16.9. The van der Waals surface area contributed by atoms with E-state index >= 15 is 0 Å². The van der Waals surface area contributed by atoms with Gasteiger partial charge < -0.3 is 26.2 Å². The number of carboxylic acids is 1. The number of hydrogen-bond donors (Lipinski definition) is 5. The second kappa shape index (κ2) is 11.7. The zero-order valence-electron chi connectivity index (χ0n) is 18.4. The molecule has 1 atom stereocenters. The van der Waals surface area contributed by atoms with Crippen molar-refractivity contribution in [2.24, 2.45) is 0 Å². The van der Waals surface area contributed by atoms with Crippen LogP contribution in [0.1, 0.15) is 27.0 Å². The molecule has 178 valence electrons. The number of halogens is 2. The lowest BCUT2D eigenvalue weighted by atomic mass is 10.1. The van der Waals surface area contributed by atoms with Gasteiger partial charge in [-0.1, -0.05) is 77.8 Å². The molecule has 3 aromatic carbocycles. The van der Waals surface area contributed by atoms with Gasteiger partial charge in [0, 0.05) is 19.5 Å². The zero-order valence-corrected chi connectivity index (χ0v) is 20.0. The molecule has 7 nitrogen and oxygen atoms in total. The van der Waals surface area contributed by atoms with Gasteiger partial charge in [0.1, 0.15) is 16.8 Å². The number of anilines is 1. The molecule has 0 aliphatic carbocycles. The first-order valence-corrected chi connectivity index (χ1v) is 11.3. The number of carboxylic acid groups (broad SMARTS) is 1. The summed E-state index contributed by atoms with van der Waals surface area (Å²) in [7, 11) is 1.88. The summed E-state index contributed by atoms with van der Waals surface area (Å²) in [5.74, 6) is -2.48. The number of nitrogens with one attached hydrogen (secondary N) is 3. The Hall–Kier alpha value is -3.26. The van der Waals surface area contributed by atoms with Crippen LogP contribution in [0.2, 0.25) is 10.0 Å². The van der Waals surface area contributed by atoms with Gasteiger partial charge in [-0.15, -0.1) is 0 Å². The van der Waals surface area contributed by atoms with E-state index in [1.165, 1.54) is 6.07 Å². The maximum absolute atomic E-state index is 12.8. The molecular formula is C25H25Cl2N3O4. The summed E-state index contributed by atoms with van der Waals surface area (Å²) in [6.07, 6.45) is 0.0802. The fraction of sp³-hybridized carbons (Fsp3) is 0.200. The predicted octanol–water partition coefficient (Wildman–Crippen LogP) is 4.46. The first kappa shape index (κ1) is 25.4. The van der Waals surface area contributed by atoms with Crippen LogP contribution in [0, 0.1) is 0 Å². The highest BCUT2D eigenvalue weighted by Gasteiger charge is 2.25. The SMILES string of the molecule is CNCc1ccc(CNc2c(Cl)cc(C(=O)NC(Cc3ccccc3)C(=O)O)c(O)c2Cl)cc1. The normalized spacial score (nSPS) is 11.6. The van der Waals surface area contributed by atoms with E-state index in [1.54, 1.807) is 24.3 Å². The van der Waals surface area contributed by atoms with Gasteiger partial charge >= 0.3 is 5.97 Å². The van der Waals surface area contributed by atoms with Crippen LogP contribution in [-0.2, 0) is 24.3 Å². The Bertz CT molecular complexity index is 1160. The average molecular weight is 502 g/mol. The van der Waals surface area contributed by atoms with Crippen molar-refractivity contribution >= 4 is 40.8 Å². The molecule has 3 aromatic rings. The predicted molar refractivity (Wildman–Crippen MR) is 134 cm³/mol. The van der Waals surface area contributed by atoms with E-state index < -0.39 is 23.7 Å². The number of hydrogen-bond acceptors (Lipinski definition) is 5. The number of rotatable bonds is 10.